The standard InChI is InChI=1S/C18H23N7/c1-19-18(21-12-7-11-20-15-8-3-2-4-9-15)22-14-17-24-23-16-10-5-6-13-25(16)17/h2-6,8-10,13,20H,7,11-12,14H2,1H3,(H2,19,21,22). The monoisotopic (exact) mass is 337 g/mol. The van der Waals surface area contributed by atoms with E-state index in [9.17, 15) is 0 Å². The van der Waals surface area contributed by atoms with Crippen molar-refractivity contribution in [2.75, 3.05) is 25.5 Å². The molecule has 0 atom stereocenters. The van der Waals surface area contributed by atoms with Crippen LogP contribution in [0.2, 0.25) is 0 Å². The number of rotatable bonds is 7. The average molecular weight is 337 g/mol. The van der Waals surface area contributed by atoms with Crippen LogP contribution in [0.4, 0.5) is 5.69 Å². The number of hydrogen-bond acceptors (Lipinski definition) is 4. The van der Waals surface area contributed by atoms with Crippen molar-refractivity contribution < 1.29 is 0 Å². The molecule has 0 aliphatic carbocycles. The van der Waals surface area contributed by atoms with Gasteiger partial charge in [0.05, 0.1) is 6.54 Å². The lowest BCUT2D eigenvalue weighted by Gasteiger charge is -2.12. The van der Waals surface area contributed by atoms with Crippen LogP contribution in [0, 0.1) is 0 Å². The first-order chi connectivity index (χ1) is 12.4. The Morgan fingerprint density at radius 2 is 1.84 bits per heavy atom. The predicted molar refractivity (Wildman–Crippen MR) is 101 cm³/mol. The number of anilines is 1. The van der Waals surface area contributed by atoms with Crippen LogP contribution in [-0.4, -0.2) is 40.7 Å². The number of guanidine groups is 1. The van der Waals surface area contributed by atoms with Crippen LogP contribution in [0.3, 0.4) is 0 Å². The van der Waals surface area contributed by atoms with Gasteiger partial charge in [-0.3, -0.25) is 9.39 Å². The lowest BCUT2D eigenvalue weighted by Crippen LogP contribution is -2.38. The molecule has 7 heteroatoms. The first-order valence-electron chi connectivity index (χ1n) is 8.39. The van der Waals surface area contributed by atoms with Gasteiger partial charge in [-0.15, -0.1) is 10.2 Å². The molecule has 0 aliphatic rings. The van der Waals surface area contributed by atoms with E-state index in [1.54, 1.807) is 7.05 Å². The molecule has 3 aromatic rings. The second-order valence-corrected chi connectivity index (χ2v) is 5.54. The zero-order valence-electron chi connectivity index (χ0n) is 14.3. The molecule has 25 heavy (non-hydrogen) atoms. The molecule has 0 unspecified atom stereocenters. The van der Waals surface area contributed by atoms with Gasteiger partial charge in [-0.05, 0) is 30.7 Å². The number of pyridine rings is 1. The zero-order chi connectivity index (χ0) is 17.3. The third kappa shape index (κ3) is 4.69. The van der Waals surface area contributed by atoms with E-state index in [0.29, 0.717) is 6.54 Å². The van der Waals surface area contributed by atoms with Crippen molar-refractivity contribution in [3.63, 3.8) is 0 Å². The maximum atomic E-state index is 4.24. The number of nitrogens with zero attached hydrogens (tertiary/aromatic N) is 4. The molecule has 0 amide bonds. The smallest absolute Gasteiger partial charge is 0.191 e. The van der Waals surface area contributed by atoms with Crippen LogP contribution in [-0.2, 0) is 6.54 Å². The summed E-state index contributed by atoms with van der Waals surface area (Å²) < 4.78 is 1.96. The second-order valence-electron chi connectivity index (χ2n) is 5.54. The Morgan fingerprint density at radius 1 is 1.00 bits per heavy atom. The summed E-state index contributed by atoms with van der Waals surface area (Å²) in [6, 6.07) is 16.1. The largest absolute Gasteiger partial charge is 0.385 e. The number of benzene rings is 1. The molecule has 3 N–H and O–H groups in total. The Balaban J connectivity index is 1.39. The lowest BCUT2D eigenvalue weighted by molar-refractivity contribution is 0.740. The van der Waals surface area contributed by atoms with Gasteiger partial charge in [0.15, 0.2) is 17.4 Å². The second kappa shape index (κ2) is 8.68. The Labute approximate surface area is 147 Å². The highest BCUT2D eigenvalue weighted by molar-refractivity contribution is 5.79. The molecular formula is C18H23N7. The van der Waals surface area contributed by atoms with Crippen LogP contribution in [0.1, 0.15) is 12.2 Å². The summed E-state index contributed by atoms with van der Waals surface area (Å²) in [5.41, 5.74) is 1.98. The Kier molecular flexibility index (Phi) is 5.82. The maximum Gasteiger partial charge on any atom is 0.191 e. The highest BCUT2D eigenvalue weighted by Crippen LogP contribution is 2.04. The molecule has 0 saturated heterocycles. The van der Waals surface area contributed by atoms with Gasteiger partial charge in [-0.1, -0.05) is 24.3 Å². The molecule has 2 aromatic heterocycles. The number of aliphatic imine (C=N–C) groups is 1. The van der Waals surface area contributed by atoms with E-state index in [2.05, 4.69) is 43.3 Å². The zero-order valence-corrected chi connectivity index (χ0v) is 14.3. The summed E-state index contributed by atoms with van der Waals surface area (Å²) in [5, 5.41) is 18.3. The fourth-order valence-corrected chi connectivity index (χ4v) is 2.48. The quantitative estimate of drug-likeness (QED) is 0.349. The Bertz CT molecular complexity index is 810. The molecule has 0 fully saturated rings. The van der Waals surface area contributed by atoms with Crippen molar-refractivity contribution in [1.82, 2.24) is 25.2 Å². The van der Waals surface area contributed by atoms with Crippen LogP contribution < -0.4 is 16.0 Å². The van der Waals surface area contributed by atoms with Gasteiger partial charge in [0.1, 0.15) is 0 Å². The third-order valence-electron chi connectivity index (χ3n) is 3.77. The van der Waals surface area contributed by atoms with E-state index in [-0.39, 0.29) is 0 Å². The van der Waals surface area contributed by atoms with E-state index in [1.807, 2.05) is 47.0 Å². The van der Waals surface area contributed by atoms with Crippen LogP contribution in [0.5, 0.6) is 0 Å². The van der Waals surface area contributed by atoms with Gasteiger partial charge >= 0.3 is 0 Å². The summed E-state index contributed by atoms with van der Waals surface area (Å²) in [5.74, 6) is 1.61. The average Bonchev–Trinajstić information content (AvgIpc) is 3.08. The van der Waals surface area contributed by atoms with E-state index in [4.69, 9.17) is 0 Å². The van der Waals surface area contributed by atoms with E-state index >= 15 is 0 Å². The molecule has 0 radical (unpaired) electrons. The van der Waals surface area contributed by atoms with Gasteiger partial charge < -0.3 is 16.0 Å². The fraction of sp³-hybridized carbons (Fsp3) is 0.278. The first-order valence-corrected chi connectivity index (χ1v) is 8.39. The number of fused-ring (bicyclic) bond motifs is 1. The van der Waals surface area contributed by atoms with Crippen LogP contribution >= 0.6 is 0 Å². The SMILES string of the molecule is CN=C(NCCCNc1ccccc1)NCc1nnc2ccccn12. The maximum absolute atomic E-state index is 4.24. The highest BCUT2D eigenvalue weighted by atomic mass is 15.3. The normalized spacial score (nSPS) is 11.5. The summed E-state index contributed by atoms with van der Waals surface area (Å²) in [7, 11) is 1.76. The molecule has 0 saturated carbocycles. The number of hydrogen-bond donors (Lipinski definition) is 3. The minimum atomic E-state index is 0.563. The minimum Gasteiger partial charge on any atom is -0.385 e. The van der Waals surface area contributed by atoms with Crippen LogP contribution in [0.25, 0.3) is 5.65 Å². The number of para-hydroxylation sites is 1. The van der Waals surface area contributed by atoms with Gasteiger partial charge in [-0.2, -0.15) is 0 Å². The fourth-order valence-electron chi connectivity index (χ4n) is 2.48. The third-order valence-corrected chi connectivity index (χ3v) is 3.77. The van der Waals surface area contributed by atoms with E-state index in [1.165, 1.54) is 0 Å². The van der Waals surface area contributed by atoms with E-state index < -0.39 is 0 Å². The molecule has 0 aliphatic heterocycles. The van der Waals surface area contributed by atoms with Crippen molar-refractivity contribution in [3.8, 4) is 0 Å². The van der Waals surface area contributed by atoms with Crippen molar-refractivity contribution in [2.45, 2.75) is 13.0 Å². The Morgan fingerprint density at radius 3 is 2.68 bits per heavy atom. The van der Waals surface area contributed by atoms with Crippen molar-refractivity contribution in [2.24, 2.45) is 4.99 Å². The van der Waals surface area contributed by atoms with Gasteiger partial charge in [0.25, 0.3) is 0 Å². The van der Waals surface area contributed by atoms with Gasteiger partial charge in [0, 0.05) is 32.0 Å². The highest BCUT2D eigenvalue weighted by Gasteiger charge is 2.05. The minimum absolute atomic E-state index is 0.563. The molecule has 1 aromatic carbocycles. The molecule has 130 valence electrons. The number of aromatic nitrogens is 3. The Hall–Kier alpha value is -3.09. The van der Waals surface area contributed by atoms with Gasteiger partial charge in [-0.25, -0.2) is 0 Å². The summed E-state index contributed by atoms with van der Waals surface area (Å²) in [6.45, 7) is 2.30. The summed E-state index contributed by atoms with van der Waals surface area (Å²) in [4.78, 5) is 4.24. The number of nitrogens with one attached hydrogen (secondary N) is 3. The topological polar surface area (TPSA) is 78.6 Å². The van der Waals surface area contributed by atoms with Crippen LogP contribution in [0.15, 0.2) is 59.7 Å². The van der Waals surface area contributed by atoms with Crippen molar-refractivity contribution in [1.29, 1.82) is 0 Å². The lowest BCUT2D eigenvalue weighted by atomic mass is 10.3. The summed E-state index contributed by atoms with van der Waals surface area (Å²) >= 11 is 0. The van der Waals surface area contributed by atoms with Crippen molar-refractivity contribution in [3.05, 3.63) is 60.6 Å². The molecular weight excluding hydrogens is 314 g/mol. The van der Waals surface area contributed by atoms with Crippen molar-refractivity contribution >= 4 is 17.3 Å². The first kappa shape index (κ1) is 16.8. The molecule has 7 nitrogen and oxygen atoms in total. The molecule has 3 rings (SSSR count). The predicted octanol–water partition coefficient (Wildman–Crippen LogP) is 1.90. The molecule has 0 spiro atoms. The molecule has 0 bridgehead atoms. The van der Waals surface area contributed by atoms with E-state index in [0.717, 1.165) is 42.6 Å². The molecule has 2 heterocycles. The summed E-state index contributed by atoms with van der Waals surface area (Å²) in [6.07, 6.45) is 2.95. The van der Waals surface area contributed by atoms with Gasteiger partial charge in [0.2, 0.25) is 0 Å².